The number of ether oxygens (including phenoxy) is 1. The van der Waals surface area contributed by atoms with Crippen LogP contribution in [0.4, 0.5) is 5.69 Å². The lowest BCUT2D eigenvalue weighted by atomic mass is 9.58. The number of amides is 2. The van der Waals surface area contributed by atoms with Crippen molar-refractivity contribution in [1.29, 1.82) is 0 Å². The van der Waals surface area contributed by atoms with Crippen LogP contribution >= 0.6 is 0 Å². The molecule has 4 rings (SSSR count). The van der Waals surface area contributed by atoms with Crippen molar-refractivity contribution in [3.63, 3.8) is 0 Å². The summed E-state index contributed by atoms with van der Waals surface area (Å²) < 4.78 is 31.5. The number of hydrogen-bond donors (Lipinski definition) is 4. The number of hydrogen-bond acceptors (Lipinski definition) is 11. The highest BCUT2D eigenvalue weighted by atomic mass is 32.2. The topological polar surface area (TPSA) is 161 Å². The highest BCUT2D eigenvalue weighted by molar-refractivity contribution is 7.92. The molecule has 1 heterocycles. The van der Waals surface area contributed by atoms with E-state index in [1.165, 1.54) is 0 Å². The molecule has 14 heteroatoms. The maximum absolute atomic E-state index is 14.4. The van der Waals surface area contributed by atoms with E-state index in [9.17, 15) is 28.2 Å². The van der Waals surface area contributed by atoms with Crippen molar-refractivity contribution in [1.82, 2.24) is 20.6 Å². The number of sulfone groups is 1. The first-order chi connectivity index (χ1) is 26.8. The molecule has 9 atom stereocenters. The monoisotopic (exact) mass is 830 g/mol. The predicted molar refractivity (Wildman–Crippen MR) is 230 cm³/mol. The van der Waals surface area contributed by atoms with Crippen molar-refractivity contribution in [2.45, 2.75) is 110 Å². The van der Waals surface area contributed by atoms with Crippen molar-refractivity contribution in [3.05, 3.63) is 47.5 Å². The van der Waals surface area contributed by atoms with Crippen LogP contribution in [0, 0.1) is 29.1 Å². The van der Waals surface area contributed by atoms with E-state index in [0.29, 0.717) is 46.4 Å². The van der Waals surface area contributed by atoms with Gasteiger partial charge in [-0.3, -0.25) is 14.4 Å². The fraction of sp³-hybridized carbons (Fsp3) is 0.682. The molecule has 1 aliphatic carbocycles. The quantitative estimate of drug-likeness (QED) is 0.199. The SMILES string of the molecule is COc1c(CN2O[C@@H](CO)[C@@H]([C@H](C)O)[C@H]2C(=O)N[C@H]2C[C@@H](C)C(C)(C)[C@@H](C)[C@@H]2C)cccc1-c1cc(C(=O)N[C@@H](CN(C)C)CS(=O)(=O)C(C)(C)C)cc(N(C)C)c1. The Hall–Kier alpha value is -3.27. The summed E-state index contributed by atoms with van der Waals surface area (Å²) in [5.74, 6) is -0.105. The van der Waals surface area contributed by atoms with Crippen LogP contribution < -0.4 is 20.3 Å². The second kappa shape index (κ2) is 18.6. The van der Waals surface area contributed by atoms with Crippen LogP contribution in [-0.4, -0.2) is 130 Å². The Bertz CT molecular complexity index is 1860. The largest absolute Gasteiger partial charge is 0.496 e. The number of rotatable bonds is 15. The number of carbonyl (C=O) groups excluding carboxylic acids is 2. The Morgan fingerprint density at radius 1 is 1.09 bits per heavy atom. The van der Waals surface area contributed by atoms with Crippen molar-refractivity contribution in [2.75, 3.05) is 59.1 Å². The minimum atomic E-state index is -3.54. The van der Waals surface area contributed by atoms with Gasteiger partial charge in [-0.05, 0) is 95.1 Å². The first-order valence-electron chi connectivity index (χ1n) is 20.5. The number of hydroxylamine groups is 2. The lowest BCUT2D eigenvalue weighted by Gasteiger charge is -2.50. The Kier molecular flexibility index (Phi) is 15.2. The van der Waals surface area contributed by atoms with Gasteiger partial charge < -0.3 is 35.4 Å². The van der Waals surface area contributed by atoms with Crippen LogP contribution in [0.2, 0.25) is 0 Å². The maximum Gasteiger partial charge on any atom is 0.251 e. The number of para-hydroxylation sites is 1. The van der Waals surface area contributed by atoms with Gasteiger partial charge in [0.2, 0.25) is 5.91 Å². The molecule has 0 spiro atoms. The van der Waals surface area contributed by atoms with Crippen LogP contribution in [-0.2, 0) is 26.0 Å². The predicted octanol–water partition coefficient (Wildman–Crippen LogP) is 4.60. The van der Waals surface area contributed by atoms with Gasteiger partial charge in [-0.2, -0.15) is 5.06 Å². The molecule has 1 saturated carbocycles. The van der Waals surface area contributed by atoms with E-state index in [2.05, 4.69) is 45.3 Å². The summed E-state index contributed by atoms with van der Waals surface area (Å²) in [5, 5.41) is 29.3. The van der Waals surface area contributed by atoms with Crippen LogP contribution in [0.5, 0.6) is 5.75 Å². The Balaban J connectivity index is 1.71. The summed E-state index contributed by atoms with van der Waals surface area (Å²) in [6.07, 6.45) is -0.927. The lowest BCUT2D eigenvalue weighted by Crippen LogP contribution is -2.56. The molecule has 1 saturated heterocycles. The number of carbonyl (C=O) groups is 2. The van der Waals surface area contributed by atoms with Crippen molar-refractivity contribution in [2.24, 2.45) is 29.1 Å². The molecule has 2 aliphatic rings. The number of benzene rings is 2. The van der Waals surface area contributed by atoms with Gasteiger partial charge in [-0.15, -0.1) is 0 Å². The molecule has 2 aromatic carbocycles. The summed E-state index contributed by atoms with van der Waals surface area (Å²) in [5.41, 5.74) is 3.27. The Labute approximate surface area is 347 Å². The molecule has 0 aromatic heterocycles. The second-order valence-corrected chi connectivity index (χ2v) is 21.7. The fourth-order valence-electron chi connectivity index (χ4n) is 8.57. The summed E-state index contributed by atoms with van der Waals surface area (Å²) in [6.45, 7) is 17.9. The number of nitrogens with one attached hydrogen (secondary N) is 2. The van der Waals surface area contributed by atoms with Gasteiger partial charge in [0.05, 0.1) is 42.9 Å². The molecule has 2 fully saturated rings. The van der Waals surface area contributed by atoms with E-state index in [-0.39, 0.29) is 42.2 Å². The number of methoxy groups -OCH3 is 1. The molecule has 0 unspecified atom stereocenters. The highest BCUT2D eigenvalue weighted by Crippen LogP contribution is 2.48. The average Bonchev–Trinajstić information content (AvgIpc) is 3.50. The number of aliphatic hydroxyl groups excluding tert-OH is 2. The Morgan fingerprint density at radius 2 is 1.74 bits per heavy atom. The Morgan fingerprint density at radius 3 is 2.29 bits per heavy atom. The summed E-state index contributed by atoms with van der Waals surface area (Å²) in [7, 11) is 5.44. The second-order valence-electron chi connectivity index (χ2n) is 18.9. The smallest absolute Gasteiger partial charge is 0.251 e. The van der Waals surface area contributed by atoms with E-state index in [0.717, 1.165) is 12.1 Å². The van der Waals surface area contributed by atoms with Crippen LogP contribution in [0.25, 0.3) is 11.1 Å². The standard InChI is InChI=1S/C44H71N5O8S/c1-26-18-36(27(2)28(3)44(26,8)9)46-42(53)39-38(29(4)51)37(24-50)57-49(39)22-30-16-15-17-35(40(30)56-14)31-19-32(21-34(20-31)48(12)13)41(52)45-33(23-47(10)11)25-58(54,55)43(5,6)7/h15-17,19-21,26-29,33,36-39,50-51H,18,22-25H2,1-14H3,(H,45,52)(H,46,53)/t26-,27+,28+,29+,33+,36+,37+,38-,39+/m1/s1. The van der Waals surface area contributed by atoms with Gasteiger partial charge >= 0.3 is 0 Å². The van der Waals surface area contributed by atoms with E-state index in [4.69, 9.17) is 9.57 Å². The van der Waals surface area contributed by atoms with Gasteiger partial charge in [0, 0.05) is 55.0 Å². The molecule has 0 radical (unpaired) electrons. The van der Waals surface area contributed by atoms with Crippen molar-refractivity contribution in [3.8, 4) is 16.9 Å². The minimum Gasteiger partial charge on any atom is -0.496 e. The first kappa shape index (κ1) is 47.4. The third-order valence-corrected chi connectivity index (χ3v) is 15.8. The first-order valence-corrected chi connectivity index (χ1v) is 22.2. The van der Waals surface area contributed by atoms with Crippen LogP contribution in [0.3, 0.4) is 0 Å². The number of nitrogens with zero attached hydrogens (tertiary/aromatic N) is 3. The van der Waals surface area contributed by atoms with Gasteiger partial charge in [0.1, 0.15) is 17.9 Å². The third-order valence-electron chi connectivity index (χ3n) is 13.1. The lowest BCUT2D eigenvalue weighted by molar-refractivity contribution is -0.182. The highest BCUT2D eigenvalue weighted by Gasteiger charge is 2.51. The molecule has 2 aromatic rings. The number of anilines is 1. The van der Waals surface area contributed by atoms with E-state index in [1.54, 1.807) is 52.0 Å². The summed E-state index contributed by atoms with van der Waals surface area (Å²) in [6, 6.07) is 9.49. The molecular formula is C44H71N5O8S. The molecule has 1 aliphatic heterocycles. The van der Waals surface area contributed by atoms with Crippen molar-refractivity contribution >= 4 is 27.3 Å². The van der Waals surface area contributed by atoms with Gasteiger partial charge in [0.15, 0.2) is 9.84 Å². The number of aliphatic hydroxyl groups is 2. The van der Waals surface area contributed by atoms with E-state index in [1.807, 2.05) is 62.3 Å². The molecule has 4 N–H and O–H groups in total. The average molecular weight is 830 g/mol. The van der Waals surface area contributed by atoms with Crippen LogP contribution in [0.15, 0.2) is 36.4 Å². The van der Waals surface area contributed by atoms with Gasteiger partial charge in [0.25, 0.3) is 5.91 Å². The normalized spacial score (nSPS) is 26.3. The fourth-order valence-corrected chi connectivity index (χ4v) is 9.79. The molecular weight excluding hydrogens is 759 g/mol. The van der Waals surface area contributed by atoms with E-state index >= 15 is 0 Å². The minimum absolute atomic E-state index is 0.0653. The zero-order valence-corrected chi connectivity index (χ0v) is 38.1. The van der Waals surface area contributed by atoms with E-state index < -0.39 is 50.7 Å². The third kappa shape index (κ3) is 10.4. The molecule has 2 amide bonds. The molecule has 0 bridgehead atoms. The molecule has 58 heavy (non-hydrogen) atoms. The maximum atomic E-state index is 14.4. The van der Waals surface area contributed by atoms with Crippen LogP contribution in [0.1, 0.15) is 84.7 Å². The number of likely N-dealkylation sites (N-methyl/N-ethyl adjacent to an activating group) is 1. The molecule has 326 valence electrons. The molecule has 13 nitrogen and oxygen atoms in total. The van der Waals surface area contributed by atoms with Gasteiger partial charge in [-0.25, -0.2) is 8.42 Å². The van der Waals surface area contributed by atoms with Gasteiger partial charge in [-0.1, -0.05) is 52.8 Å². The van der Waals surface area contributed by atoms with Crippen molar-refractivity contribution < 1.29 is 37.8 Å². The zero-order valence-electron chi connectivity index (χ0n) is 37.3. The zero-order chi connectivity index (χ0) is 43.7. The summed E-state index contributed by atoms with van der Waals surface area (Å²) >= 11 is 0. The summed E-state index contributed by atoms with van der Waals surface area (Å²) in [4.78, 5) is 38.4.